The van der Waals surface area contributed by atoms with E-state index in [1.54, 1.807) is 59.4 Å². The first-order valence-corrected chi connectivity index (χ1v) is 9.99. The van der Waals surface area contributed by atoms with Crippen molar-refractivity contribution >= 4 is 23.2 Å². The van der Waals surface area contributed by atoms with Gasteiger partial charge < -0.3 is 10.1 Å². The summed E-state index contributed by atoms with van der Waals surface area (Å²) in [4.78, 5) is 12.6. The van der Waals surface area contributed by atoms with Gasteiger partial charge in [-0.25, -0.2) is 4.39 Å². The van der Waals surface area contributed by atoms with E-state index < -0.39 is 0 Å². The van der Waals surface area contributed by atoms with Crippen LogP contribution in [0.15, 0.2) is 85.2 Å². The third-order valence-electron chi connectivity index (χ3n) is 4.57. The lowest BCUT2D eigenvalue weighted by atomic mass is 10.1. The second-order valence-corrected chi connectivity index (χ2v) is 7.35. The highest BCUT2D eigenvalue weighted by Crippen LogP contribution is 2.19. The van der Waals surface area contributed by atoms with Crippen molar-refractivity contribution in [2.75, 3.05) is 5.32 Å². The molecular weight excluding hydrogens is 417 g/mol. The minimum absolute atomic E-state index is 0.268. The zero-order valence-corrected chi connectivity index (χ0v) is 17.2. The molecule has 1 heterocycles. The standard InChI is InChI=1S/C24H19ClFN3O2/c25-20-8-4-9-22(12-20)31-16-17-5-3-7-18(11-17)24(30)28-21-13-27-29(15-21)14-19-6-1-2-10-23(19)26/h1-13,15H,14,16H2,(H,28,30). The molecule has 0 aliphatic heterocycles. The number of halogens is 2. The van der Waals surface area contributed by atoms with Crippen LogP contribution >= 0.6 is 11.6 Å². The number of nitrogens with zero attached hydrogens (tertiary/aromatic N) is 2. The first-order valence-electron chi connectivity index (χ1n) is 9.61. The summed E-state index contributed by atoms with van der Waals surface area (Å²) >= 11 is 5.97. The molecule has 1 aromatic heterocycles. The smallest absolute Gasteiger partial charge is 0.255 e. The van der Waals surface area contributed by atoms with Crippen molar-refractivity contribution in [1.82, 2.24) is 9.78 Å². The molecule has 5 nitrogen and oxygen atoms in total. The SMILES string of the molecule is O=C(Nc1cnn(Cc2ccccc2F)c1)c1cccc(COc2cccc(Cl)c2)c1. The van der Waals surface area contributed by atoms with Crippen LogP contribution in [0.3, 0.4) is 0 Å². The molecule has 0 aliphatic carbocycles. The molecular formula is C24H19ClFN3O2. The van der Waals surface area contributed by atoms with E-state index in [0.29, 0.717) is 34.2 Å². The minimum atomic E-state index is -0.291. The predicted molar refractivity (Wildman–Crippen MR) is 118 cm³/mol. The van der Waals surface area contributed by atoms with Crippen molar-refractivity contribution in [1.29, 1.82) is 0 Å². The molecule has 0 radical (unpaired) electrons. The van der Waals surface area contributed by atoms with Crippen molar-refractivity contribution in [3.05, 3.63) is 113 Å². The van der Waals surface area contributed by atoms with Gasteiger partial charge in [-0.3, -0.25) is 9.48 Å². The topological polar surface area (TPSA) is 56.2 Å². The average Bonchev–Trinajstić information content (AvgIpc) is 3.21. The number of hydrogen-bond acceptors (Lipinski definition) is 3. The van der Waals surface area contributed by atoms with E-state index >= 15 is 0 Å². The minimum Gasteiger partial charge on any atom is -0.489 e. The number of carbonyl (C=O) groups excluding carboxylic acids is 1. The van der Waals surface area contributed by atoms with Gasteiger partial charge in [0, 0.05) is 22.3 Å². The Morgan fingerprint density at radius 1 is 1.06 bits per heavy atom. The first kappa shape index (κ1) is 20.6. The molecule has 3 aromatic carbocycles. The fourth-order valence-electron chi connectivity index (χ4n) is 3.04. The summed E-state index contributed by atoms with van der Waals surface area (Å²) in [7, 11) is 0. The predicted octanol–water partition coefficient (Wildman–Crippen LogP) is 5.56. The van der Waals surface area contributed by atoms with E-state index in [-0.39, 0.29) is 18.3 Å². The number of ether oxygens (including phenoxy) is 1. The number of aromatic nitrogens is 2. The quantitative estimate of drug-likeness (QED) is 0.413. The van der Waals surface area contributed by atoms with Crippen LogP contribution in [0.1, 0.15) is 21.5 Å². The Morgan fingerprint density at radius 3 is 2.74 bits per heavy atom. The summed E-state index contributed by atoms with van der Waals surface area (Å²) in [5.74, 6) is 0.0973. The van der Waals surface area contributed by atoms with Crippen LogP contribution in [0.2, 0.25) is 5.02 Å². The molecule has 31 heavy (non-hydrogen) atoms. The van der Waals surface area contributed by atoms with E-state index in [9.17, 15) is 9.18 Å². The van der Waals surface area contributed by atoms with Gasteiger partial charge in [-0.05, 0) is 42.0 Å². The Kier molecular flexibility index (Phi) is 6.29. The largest absolute Gasteiger partial charge is 0.489 e. The summed E-state index contributed by atoms with van der Waals surface area (Å²) < 4.78 is 21.1. The monoisotopic (exact) mass is 435 g/mol. The van der Waals surface area contributed by atoms with Gasteiger partial charge in [-0.2, -0.15) is 5.10 Å². The van der Waals surface area contributed by atoms with Crippen LogP contribution < -0.4 is 10.1 Å². The van der Waals surface area contributed by atoms with E-state index in [1.165, 1.54) is 12.3 Å². The van der Waals surface area contributed by atoms with Crippen LogP contribution in [0.25, 0.3) is 0 Å². The van der Waals surface area contributed by atoms with Gasteiger partial charge in [0.25, 0.3) is 5.91 Å². The molecule has 0 saturated carbocycles. The molecule has 156 valence electrons. The van der Waals surface area contributed by atoms with Gasteiger partial charge in [0.15, 0.2) is 0 Å². The lowest BCUT2D eigenvalue weighted by Gasteiger charge is -2.08. The molecule has 0 atom stereocenters. The second-order valence-electron chi connectivity index (χ2n) is 6.92. The van der Waals surface area contributed by atoms with Gasteiger partial charge in [-0.15, -0.1) is 0 Å². The average molecular weight is 436 g/mol. The normalized spacial score (nSPS) is 10.6. The van der Waals surface area contributed by atoms with Gasteiger partial charge in [-0.1, -0.05) is 48.0 Å². The number of carbonyl (C=O) groups is 1. The third kappa shape index (κ3) is 5.49. The molecule has 0 bridgehead atoms. The fraction of sp³-hybridized carbons (Fsp3) is 0.0833. The molecule has 0 spiro atoms. The Hall–Kier alpha value is -3.64. The second kappa shape index (κ2) is 9.45. The van der Waals surface area contributed by atoms with E-state index in [4.69, 9.17) is 16.3 Å². The van der Waals surface area contributed by atoms with Gasteiger partial charge >= 0.3 is 0 Å². The number of anilines is 1. The number of hydrogen-bond donors (Lipinski definition) is 1. The van der Waals surface area contributed by atoms with E-state index in [0.717, 1.165) is 5.56 Å². The number of nitrogens with one attached hydrogen (secondary N) is 1. The first-order chi connectivity index (χ1) is 15.1. The Bertz CT molecular complexity index is 1210. The third-order valence-corrected chi connectivity index (χ3v) is 4.81. The number of amides is 1. The lowest BCUT2D eigenvalue weighted by molar-refractivity contribution is 0.102. The van der Waals surface area contributed by atoms with Gasteiger partial charge in [0.2, 0.25) is 0 Å². The highest BCUT2D eigenvalue weighted by molar-refractivity contribution is 6.30. The fourth-order valence-corrected chi connectivity index (χ4v) is 3.23. The van der Waals surface area contributed by atoms with Crippen molar-refractivity contribution in [2.45, 2.75) is 13.2 Å². The molecule has 0 fully saturated rings. The summed E-state index contributed by atoms with van der Waals surface area (Å²) in [6.07, 6.45) is 3.20. The molecule has 4 rings (SSSR count). The Labute approximate surface area is 184 Å². The zero-order chi connectivity index (χ0) is 21.6. The summed E-state index contributed by atoms with van der Waals surface area (Å²) in [6, 6.07) is 20.8. The Balaban J connectivity index is 1.38. The summed E-state index contributed by atoms with van der Waals surface area (Å²) in [5.41, 5.74) is 2.40. The van der Waals surface area contributed by atoms with Gasteiger partial charge in [0.1, 0.15) is 18.2 Å². The van der Waals surface area contributed by atoms with Crippen molar-refractivity contribution < 1.29 is 13.9 Å². The molecule has 1 amide bonds. The molecule has 0 aliphatic rings. The van der Waals surface area contributed by atoms with Crippen molar-refractivity contribution in [3.8, 4) is 5.75 Å². The molecule has 4 aromatic rings. The molecule has 1 N–H and O–H groups in total. The summed E-state index contributed by atoms with van der Waals surface area (Å²) in [5, 5.41) is 7.60. The van der Waals surface area contributed by atoms with Crippen LogP contribution in [-0.2, 0) is 13.2 Å². The lowest BCUT2D eigenvalue weighted by Crippen LogP contribution is -2.12. The van der Waals surface area contributed by atoms with Gasteiger partial charge in [0.05, 0.1) is 18.4 Å². The van der Waals surface area contributed by atoms with Crippen LogP contribution in [-0.4, -0.2) is 15.7 Å². The maximum Gasteiger partial charge on any atom is 0.255 e. The van der Waals surface area contributed by atoms with Crippen LogP contribution in [0.4, 0.5) is 10.1 Å². The maximum absolute atomic E-state index is 13.8. The Morgan fingerprint density at radius 2 is 1.90 bits per heavy atom. The molecule has 0 unspecified atom stereocenters. The highest BCUT2D eigenvalue weighted by Gasteiger charge is 2.10. The highest BCUT2D eigenvalue weighted by atomic mass is 35.5. The number of benzene rings is 3. The molecule has 0 saturated heterocycles. The number of rotatable bonds is 7. The van der Waals surface area contributed by atoms with Crippen LogP contribution in [0.5, 0.6) is 5.75 Å². The zero-order valence-electron chi connectivity index (χ0n) is 16.5. The van der Waals surface area contributed by atoms with E-state index in [1.807, 2.05) is 18.2 Å². The van der Waals surface area contributed by atoms with Crippen molar-refractivity contribution in [3.63, 3.8) is 0 Å². The van der Waals surface area contributed by atoms with Crippen LogP contribution in [0, 0.1) is 5.82 Å². The molecule has 7 heteroatoms. The summed E-state index contributed by atoms with van der Waals surface area (Å²) in [6.45, 7) is 0.584. The van der Waals surface area contributed by atoms with Crippen molar-refractivity contribution in [2.24, 2.45) is 0 Å². The maximum atomic E-state index is 13.8. The van der Waals surface area contributed by atoms with E-state index in [2.05, 4.69) is 10.4 Å².